The number of hydrogen-bond donors (Lipinski definition) is 2. The van der Waals surface area contributed by atoms with Crippen LogP contribution in [0, 0.1) is 10.1 Å². The molecule has 0 aromatic heterocycles. The van der Waals surface area contributed by atoms with Gasteiger partial charge in [-0.3, -0.25) is 14.9 Å². The number of rotatable bonds is 6. The molecule has 0 unspecified atom stereocenters. The molecule has 1 amide bonds. The van der Waals surface area contributed by atoms with E-state index < -0.39 is 23.4 Å². The summed E-state index contributed by atoms with van der Waals surface area (Å²) in [6, 6.07) is 10.7. The summed E-state index contributed by atoms with van der Waals surface area (Å²) in [7, 11) is 1.57. The average Bonchev–Trinajstić information content (AvgIpc) is 2.61. The first kappa shape index (κ1) is 18.4. The van der Waals surface area contributed by atoms with E-state index in [1.54, 1.807) is 31.3 Å². The molecule has 9 heteroatoms. The van der Waals surface area contributed by atoms with Crippen molar-refractivity contribution < 1.29 is 19.2 Å². The van der Waals surface area contributed by atoms with E-state index in [1.807, 2.05) is 0 Å². The highest BCUT2D eigenvalue weighted by molar-refractivity contribution is 9.10. The summed E-state index contributed by atoms with van der Waals surface area (Å²) in [5.74, 6) is -1.37. The SMILES string of the molecule is CNc1ccc([N+](=O)[O-])cc1C(=O)OCC(=O)Nc1ccccc1Br. The summed E-state index contributed by atoms with van der Waals surface area (Å²) in [5.41, 5.74) is 0.630. The molecule has 2 rings (SSSR count). The summed E-state index contributed by atoms with van der Waals surface area (Å²) in [4.78, 5) is 34.3. The van der Waals surface area contributed by atoms with Crippen LogP contribution in [0.5, 0.6) is 0 Å². The van der Waals surface area contributed by atoms with Crippen molar-refractivity contribution in [3.05, 3.63) is 62.6 Å². The Morgan fingerprint density at radius 3 is 2.56 bits per heavy atom. The Bertz CT molecular complexity index is 825. The zero-order valence-corrected chi connectivity index (χ0v) is 14.7. The van der Waals surface area contributed by atoms with Gasteiger partial charge in [0, 0.05) is 29.3 Å². The molecule has 2 N–H and O–H groups in total. The van der Waals surface area contributed by atoms with E-state index in [0.29, 0.717) is 15.8 Å². The van der Waals surface area contributed by atoms with Crippen molar-refractivity contribution in [2.24, 2.45) is 0 Å². The second-order valence-electron chi connectivity index (χ2n) is 4.84. The molecular formula is C16H14BrN3O5. The molecular weight excluding hydrogens is 394 g/mol. The molecule has 0 atom stereocenters. The number of halogens is 1. The van der Waals surface area contributed by atoms with Crippen molar-refractivity contribution >= 4 is 44.9 Å². The molecule has 8 nitrogen and oxygen atoms in total. The molecule has 2 aromatic carbocycles. The van der Waals surface area contributed by atoms with Crippen molar-refractivity contribution in [2.75, 3.05) is 24.3 Å². The first-order valence-electron chi connectivity index (χ1n) is 7.10. The highest BCUT2D eigenvalue weighted by atomic mass is 79.9. The zero-order chi connectivity index (χ0) is 18.4. The number of carbonyl (C=O) groups excluding carboxylic acids is 2. The Hall–Kier alpha value is -2.94. The third-order valence-electron chi connectivity index (χ3n) is 3.19. The number of esters is 1. The Morgan fingerprint density at radius 2 is 1.92 bits per heavy atom. The number of nitrogens with one attached hydrogen (secondary N) is 2. The fraction of sp³-hybridized carbons (Fsp3) is 0.125. The topological polar surface area (TPSA) is 111 Å². The molecule has 0 spiro atoms. The van der Waals surface area contributed by atoms with Crippen molar-refractivity contribution in [1.82, 2.24) is 0 Å². The third kappa shape index (κ3) is 4.77. The monoisotopic (exact) mass is 407 g/mol. The van der Waals surface area contributed by atoms with Crippen LogP contribution in [-0.2, 0) is 9.53 Å². The molecule has 0 bridgehead atoms. The summed E-state index contributed by atoms with van der Waals surface area (Å²) in [6.45, 7) is -0.522. The molecule has 0 aliphatic carbocycles. The summed E-state index contributed by atoms with van der Waals surface area (Å²) in [6.07, 6.45) is 0. The van der Waals surface area contributed by atoms with Crippen molar-refractivity contribution in [1.29, 1.82) is 0 Å². The minimum Gasteiger partial charge on any atom is -0.452 e. The number of nitro groups is 1. The van der Waals surface area contributed by atoms with Crippen LogP contribution >= 0.6 is 15.9 Å². The maximum Gasteiger partial charge on any atom is 0.341 e. The van der Waals surface area contributed by atoms with Gasteiger partial charge < -0.3 is 15.4 Å². The van der Waals surface area contributed by atoms with Gasteiger partial charge in [-0.25, -0.2) is 4.79 Å². The number of para-hydroxylation sites is 1. The van der Waals surface area contributed by atoms with Crippen molar-refractivity contribution in [2.45, 2.75) is 0 Å². The lowest BCUT2D eigenvalue weighted by atomic mass is 10.1. The number of anilines is 2. The van der Waals surface area contributed by atoms with Gasteiger partial charge in [-0.05, 0) is 34.1 Å². The van der Waals surface area contributed by atoms with Crippen LogP contribution in [0.4, 0.5) is 17.1 Å². The highest BCUT2D eigenvalue weighted by Crippen LogP contribution is 2.23. The molecule has 25 heavy (non-hydrogen) atoms. The van der Waals surface area contributed by atoms with Crippen LogP contribution in [0.25, 0.3) is 0 Å². The predicted molar refractivity (Wildman–Crippen MR) is 95.7 cm³/mol. The Morgan fingerprint density at radius 1 is 1.20 bits per heavy atom. The number of nitro benzene ring substituents is 1. The summed E-state index contributed by atoms with van der Waals surface area (Å²) >= 11 is 3.29. The number of benzene rings is 2. The van der Waals surface area contributed by atoms with Gasteiger partial charge in [-0.1, -0.05) is 12.1 Å². The van der Waals surface area contributed by atoms with Gasteiger partial charge in [0.25, 0.3) is 11.6 Å². The minimum atomic E-state index is -0.838. The van der Waals surface area contributed by atoms with Gasteiger partial charge in [0.1, 0.15) is 0 Å². The van der Waals surface area contributed by atoms with Crippen LogP contribution in [-0.4, -0.2) is 30.5 Å². The van der Waals surface area contributed by atoms with Gasteiger partial charge in [0.2, 0.25) is 0 Å². The number of hydrogen-bond acceptors (Lipinski definition) is 6. The predicted octanol–water partition coefficient (Wildman–Crippen LogP) is 3.19. The zero-order valence-electron chi connectivity index (χ0n) is 13.1. The number of carbonyl (C=O) groups is 2. The van der Waals surface area contributed by atoms with Gasteiger partial charge in [-0.2, -0.15) is 0 Å². The molecule has 2 aromatic rings. The Labute approximate surface area is 151 Å². The number of amides is 1. The molecule has 130 valence electrons. The normalized spacial score (nSPS) is 10.0. The van der Waals surface area contributed by atoms with Crippen LogP contribution in [0.2, 0.25) is 0 Å². The summed E-state index contributed by atoms with van der Waals surface area (Å²) < 4.78 is 5.64. The Balaban J connectivity index is 2.04. The number of nitrogens with zero attached hydrogens (tertiary/aromatic N) is 1. The van der Waals surface area contributed by atoms with Gasteiger partial charge in [0.15, 0.2) is 6.61 Å². The smallest absolute Gasteiger partial charge is 0.341 e. The van der Waals surface area contributed by atoms with Crippen LogP contribution in [0.3, 0.4) is 0 Å². The second-order valence-corrected chi connectivity index (χ2v) is 5.70. The fourth-order valence-corrected chi connectivity index (χ4v) is 2.37. The van der Waals surface area contributed by atoms with E-state index in [4.69, 9.17) is 4.74 Å². The maximum absolute atomic E-state index is 12.1. The van der Waals surface area contributed by atoms with Crippen LogP contribution < -0.4 is 10.6 Å². The molecule has 0 heterocycles. The molecule has 0 saturated carbocycles. The quantitative estimate of drug-likeness (QED) is 0.432. The standard InChI is InChI=1S/C16H14BrN3O5/c1-18-13-7-6-10(20(23)24)8-11(13)16(22)25-9-15(21)19-14-5-3-2-4-12(14)17/h2-8,18H,9H2,1H3,(H,19,21). The lowest BCUT2D eigenvalue weighted by Crippen LogP contribution is -2.21. The number of non-ortho nitro benzene ring substituents is 1. The second kappa shape index (κ2) is 8.25. The minimum absolute atomic E-state index is 0.0228. The average molecular weight is 408 g/mol. The van der Waals surface area contributed by atoms with E-state index in [2.05, 4.69) is 26.6 Å². The lowest BCUT2D eigenvalue weighted by molar-refractivity contribution is -0.384. The maximum atomic E-state index is 12.1. The first-order valence-corrected chi connectivity index (χ1v) is 7.89. The third-order valence-corrected chi connectivity index (χ3v) is 3.88. The molecule has 0 saturated heterocycles. The fourth-order valence-electron chi connectivity index (χ4n) is 1.99. The van der Waals surface area contributed by atoms with E-state index >= 15 is 0 Å². The van der Waals surface area contributed by atoms with E-state index in [1.165, 1.54) is 12.1 Å². The van der Waals surface area contributed by atoms with Crippen LogP contribution in [0.15, 0.2) is 46.9 Å². The molecule has 0 aliphatic rings. The molecule has 0 aliphatic heterocycles. The van der Waals surface area contributed by atoms with Gasteiger partial charge in [0.05, 0.1) is 16.2 Å². The lowest BCUT2D eigenvalue weighted by Gasteiger charge is -2.10. The summed E-state index contributed by atoms with van der Waals surface area (Å²) in [5, 5.41) is 16.2. The van der Waals surface area contributed by atoms with Crippen LogP contribution in [0.1, 0.15) is 10.4 Å². The molecule has 0 radical (unpaired) electrons. The Kier molecular flexibility index (Phi) is 6.07. The van der Waals surface area contributed by atoms with E-state index in [-0.39, 0.29) is 11.3 Å². The van der Waals surface area contributed by atoms with Gasteiger partial charge >= 0.3 is 5.97 Å². The van der Waals surface area contributed by atoms with Crippen molar-refractivity contribution in [3.8, 4) is 0 Å². The van der Waals surface area contributed by atoms with E-state index in [0.717, 1.165) is 6.07 Å². The van der Waals surface area contributed by atoms with Gasteiger partial charge in [-0.15, -0.1) is 0 Å². The molecule has 0 fully saturated rings. The largest absolute Gasteiger partial charge is 0.452 e. The highest BCUT2D eigenvalue weighted by Gasteiger charge is 2.18. The first-order chi connectivity index (χ1) is 11.9. The number of ether oxygens (including phenoxy) is 1. The van der Waals surface area contributed by atoms with E-state index in [9.17, 15) is 19.7 Å². The van der Waals surface area contributed by atoms with Crippen molar-refractivity contribution in [3.63, 3.8) is 0 Å².